The quantitative estimate of drug-likeness (QED) is 0.746. The molecule has 1 aromatic rings. The van der Waals surface area contributed by atoms with Crippen LogP contribution in [0.25, 0.3) is 0 Å². The molecule has 0 spiro atoms. The average Bonchev–Trinajstić information content (AvgIpc) is 2.30. The van der Waals surface area contributed by atoms with E-state index >= 15 is 0 Å². The van der Waals surface area contributed by atoms with Gasteiger partial charge in [0.2, 0.25) is 0 Å². The number of hydrogen-bond donors (Lipinski definition) is 1. The van der Waals surface area contributed by atoms with E-state index in [1.54, 1.807) is 6.92 Å². The summed E-state index contributed by atoms with van der Waals surface area (Å²) < 4.78 is 4.84. The largest absolute Gasteiger partial charge is 0.465 e. The lowest BCUT2D eigenvalue weighted by Crippen LogP contribution is -2.32. The van der Waals surface area contributed by atoms with Crippen LogP contribution in [0.4, 0.5) is 0 Å². The molecule has 1 aromatic carbocycles. The maximum Gasteiger partial charge on any atom is 0.322 e. The molecular weight excluding hydrogens is 202 g/mol. The normalized spacial score (nSPS) is 12.1. The summed E-state index contributed by atoms with van der Waals surface area (Å²) >= 11 is 0. The van der Waals surface area contributed by atoms with Gasteiger partial charge in [0, 0.05) is 0 Å². The van der Waals surface area contributed by atoms with Crippen molar-refractivity contribution in [2.75, 3.05) is 6.61 Å². The summed E-state index contributed by atoms with van der Waals surface area (Å²) in [6, 6.07) is 9.70. The van der Waals surface area contributed by atoms with Gasteiger partial charge in [-0.1, -0.05) is 30.3 Å². The van der Waals surface area contributed by atoms with E-state index in [2.05, 4.69) is 12.1 Å². The lowest BCUT2D eigenvalue weighted by Gasteiger charge is -2.09. The second-order valence-electron chi connectivity index (χ2n) is 3.74. The number of ether oxygens (including phenoxy) is 1. The molecular formula is C13H19NO2. The summed E-state index contributed by atoms with van der Waals surface area (Å²) in [4.78, 5) is 11.2. The summed E-state index contributed by atoms with van der Waals surface area (Å²) in [5.41, 5.74) is 6.97. The van der Waals surface area contributed by atoms with Crippen LogP contribution in [0, 0.1) is 0 Å². The Labute approximate surface area is 96.6 Å². The van der Waals surface area contributed by atoms with Gasteiger partial charge in [0.15, 0.2) is 0 Å². The topological polar surface area (TPSA) is 52.3 Å². The average molecular weight is 221 g/mol. The number of nitrogens with two attached hydrogens (primary N) is 1. The number of carbonyl (C=O) groups is 1. The summed E-state index contributed by atoms with van der Waals surface area (Å²) in [7, 11) is 0. The number of aryl methyl sites for hydroxylation is 1. The van der Waals surface area contributed by atoms with Gasteiger partial charge in [0.25, 0.3) is 0 Å². The Hall–Kier alpha value is -1.35. The molecule has 3 heteroatoms. The zero-order valence-electron chi connectivity index (χ0n) is 9.69. The fourth-order valence-electron chi connectivity index (χ4n) is 1.54. The highest BCUT2D eigenvalue weighted by Gasteiger charge is 2.13. The van der Waals surface area contributed by atoms with Crippen molar-refractivity contribution in [2.24, 2.45) is 5.73 Å². The minimum Gasteiger partial charge on any atom is -0.465 e. The zero-order valence-corrected chi connectivity index (χ0v) is 9.69. The molecule has 88 valence electrons. The molecule has 2 N–H and O–H groups in total. The predicted molar refractivity (Wildman–Crippen MR) is 64.0 cm³/mol. The molecule has 0 unspecified atom stereocenters. The van der Waals surface area contributed by atoms with Crippen LogP contribution in [0.2, 0.25) is 0 Å². The number of esters is 1. The third-order valence-corrected chi connectivity index (χ3v) is 2.41. The minimum absolute atomic E-state index is 0.296. The summed E-state index contributed by atoms with van der Waals surface area (Å²) in [5, 5.41) is 0. The van der Waals surface area contributed by atoms with Crippen molar-refractivity contribution in [3.8, 4) is 0 Å². The third kappa shape index (κ3) is 4.45. The van der Waals surface area contributed by atoms with Crippen LogP contribution < -0.4 is 5.73 Å². The molecule has 0 bridgehead atoms. The molecule has 0 heterocycles. The molecule has 0 amide bonds. The Morgan fingerprint density at radius 2 is 2.06 bits per heavy atom. The van der Waals surface area contributed by atoms with Gasteiger partial charge in [0.1, 0.15) is 6.04 Å². The highest BCUT2D eigenvalue weighted by Crippen LogP contribution is 2.06. The molecule has 0 saturated carbocycles. The summed E-state index contributed by atoms with van der Waals surface area (Å²) in [6.07, 6.45) is 2.53. The molecule has 0 radical (unpaired) electrons. The molecule has 0 aliphatic carbocycles. The second kappa shape index (κ2) is 7.01. The van der Waals surface area contributed by atoms with Crippen LogP contribution in [-0.2, 0) is 16.0 Å². The first-order chi connectivity index (χ1) is 7.74. The molecule has 1 rings (SSSR count). The van der Waals surface area contributed by atoms with Gasteiger partial charge in [-0.3, -0.25) is 4.79 Å². The molecule has 0 saturated heterocycles. The van der Waals surface area contributed by atoms with Crippen LogP contribution in [0.1, 0.15) is 25.3 Å². The Bertz CT molecular complexity index is 311. The van der Waals surface area contributed by atoms with E-state index < -0.39 is 6.04 Å². The van der Waals surface area contributed by atoms with Crippen molar-refractivity contribution in [1.82, 2.24) is 0 Å². The number of hydrogen-bond acceptors (Lipinski definition) is 3. The van der Waals surface area contributed by atoms with Crippen molar-refractivity contribution in [2.45, 2.75) is 32.2 Å². The van der Waals surface area contributed by atoms with Crippen molar-refractivity contribution in [3.05, 3.63) is 35.9 Å². The molecule has 0 aromatic heterocycles. The first-order valence-electron chi connectivity index (χ1n) is 5.70. The fourth-order valence-corrected chi connectivity index (χ4v) is 1.54. The van der Waals surface area contributed by atoms with Crippen LogP contribution in [0.15, 0.2) is 30.3 Å². The second-order valence-corrected chi connectivity index (χ2v) is 3.74. The highest BCUT2D eigenvalue weighted by atomic mass is 16.5. The molecule has 0 fully saturated rings. The third-order valence-electron chi connectivity index (χ3n) is 2.41. The SMILES string of the molecule is CCOC(=O)[C@H](N)CCCc1ccccc1. The predicted octanol–water partition coefficient (Wildman–Crippen LogP) is 1.90. The van der Waals surface area contributed by atoms with Gasteiger partial charge in [-0.25, -0.2) is 0 Å². The maximum atomic E-state index is 11.2. The zero-order chi connectivity index (χ0) is 11.8. The van der Waals surface area contributed by atoms with E-state index in [0.717, 1.165) is 12.8 Å². The number of carbonyl (C=O) groups excluding carboxylic acids is 1. The van der Waals surface area contributed by atoms with Crippen molar-refractivity contribution >= 4 is 5.97 Å². The highest BCUT2D eigenvalue weighted by molar-refractivity contribution is 5.75. The Kier molecular flexibility index (Phi) is 5.57. The lowest BCUT2D eigenvalue weighted by atomic mass is 10.1. The van der Waals surface area contributed by atoms with Crippen LogP contribution in [0.3, 0.4) is 0 Å². The van der Waals surface area contributed by atoms with E-state index in [4.69, 9.17) is 10.5 Å². The minimum atomic E-state index is -0.483. The Balaban J connectivity index is 2.23. The smallest absolute Gasteiger partial charge is 0.322 e. The number of benzene rings is 1. The van der Waals surface area contributed by atoms with E-state index in [-0.39, 0.29) is 5.97 Å². The molecule has 0 aliphatic heterocycles. The molecule has 1 atom stereocenters. The lowest BCUT2D eigenvalue weighted by molar-refractivity contribution is -0.144. The fraction of sp³-hybridized carbons (Fsp3) is 0.462. The summed E-state index contributed by atoms with van der Waals surface area (Å²) in [6.45, 7) is 2.18. The standard InChI is InChI=1S/C13H19NO2/c1-2-16-13(15)12(14)10-6-9-11-7-4-3-5-8-11/h3-5,7-8,12H,2,6,9-10,14H2,1H3/t12-/m1/s1. The van der Waals surface area contributed by atoms with Crippen LogP contribution in [0.5, 0.6) is 0 Å². The van der Waals surface area contributed by atoms with E-state index in [0.29, 0.717) is 13.0 Å². The molecule has 3 nitrogen and oxygen atoms in total. The monoisotopic (exact) mass is 221 g/mol. The first-order valence-corrected chi connectivity index (χ1v) is 5.70. The van der Waals surface area contributed by atoms with Gasteiger partial charge >= 0.3 is 5.97 Å². The summed E-state index contributed by atoms with van der Waals surface area (Å²) in [5.74, 6) is -0.296. The van der Waals surface area contributed by atoms with Gasteiger partial charge in [-0.2, -0.15) is 0 Å². The van der Waals surface area contributed by atoms with Gasteiger partial charge < -0.3 is 10.5 Å². The van der Waals surface area contributed by atoms with Crippen LogP contribution >= 0.6 is 0 Å². The Morgan fingerprint density at radius 1 is 1.38 bits per heavy atom. The van der Waals surface area contributed by atoms with Gasteiger partial charge in [-0.05, 0) is 31.7 Å². The van der Waals surface area contributed by atoms with Crippen LogP contribution in [-0.4, -0.2) is 18.6 Å². The number of rotatable bonds is 6. The maximum absolute atomic E-state index is 11.2. The van der Waals surface area contributed by atoms with E-state index in [9.17, 15) is 4.79 Å². The molecule has 0 aliphatic rings. The Morgan fingerprint density at radius 3 is 2.69 bits per heavy atom. The van der Waals surface area contributed by atoms with Crippen molar-refractivity contribution < 1.29 is 9.53 Å². The van der Waals surface area contributed by atoms with Crippen molar-refractivity contribution in [1.29, 1.82) is 0 Å². The van der Waals surface area contributed by atoms with E-state index in [1.807, 2.05) is 18.2 Å². The van der Waals surface area contributed by atoms with Gasteiger partial charge in [-0.15, -0.1) is 0 Å². The first kappa shape index (κ1) is 12.7. The van der Waals surface area contributed by atoms with E-state index in [1.165, 1.54) is 5.56 Å². The molecule has 16 heavy (non-hydrogen) atoms. The van der Waals surface area contributed by atoms with Gasteiger partial charge in [0.05, 0.1) is 6.61 Å². The van der Waals surface area contributed by atoms with Crippen molar-refractivity contribution in [3.63, 3.8) is 0 Å².